The summed E-state index contributed by atoms with van der Waals surface area (Å²) in [4.78, 5) is 13.6. The van der Waals surface area contributed by atoms with E-state index in [1.807, 2.05) is 25.1 Å². The summed E-state index contributed by atoms with van der Waals surface area (Å²) in [6, 6.07) is 8.83. The van der Waals surface area contributed by atoms with E-state index >= 15 is 0 Å². The average molecular weight is 262 g/mol. The van der Waals surface area contributed by atoms with Crippen LogP contribution in [0.3, 0.4) is 0 Å². The van der Waals surface area contributed by atoms with Crippen LogP contribution in [0.5, 0.6) is 0 Å². The van der Waals surface area contributed by atoms with E-state index in [0.717, 1.165) is 21.7 Å². The Labute approximate surface area is 110 Å². The summed E-state index contributed by atoms with van der Waals surface area (Å²) in [5.41, 5.74) is 1.59. The Balaban J connectivity index is 2.29. The fourth-order valence-electron chi connectivity index (χ4n) is 1.79. The second kappa shape index (κ2) is 5.44. The summed E-state index contributed by atoms with van der Waals surface area (Å²) < 4.78 is 13.2. The maximum absolute atomic E-state index is 13.2. The molecule has 94 valence electrons. The zero-order valence-corrected chi connectivity index (χ0v) is 11.3. The van der Waals surface area contributed by atoms with Gasteiger partial charge in [-0.15, -0.1) is 11.3 Å². The van der Waals surface area contributed by atoms with Crippen molar-refractivity contribution in [2.75, 3.05) is 0 Å². The lowest BCUT2D eigenvalue weighted by Gasteiger charge is -2.00. The number of hydrogen-bond acceptors (Lipinski definition) is 2. The molecule has 0 aliphatic rings. The molecular formula is C15H15FOS. The second-order valence-corrected chi connectivity index (χ2v) is 5.38. The van der Waals surface area contributed by atoms with Gasteiger partial charge in [-0.25, -0.2) is 4.39 Å². The molecule has 2 aromatic rings. The minimum atomic E-state index is -0.197. The third-order valence-electron chi connectivity index (χ3n) is 2.80. The van der Waals surface area contributed by atoms with E-state index in [1.165, 1.54) is 17.4 Å². The maximum atomic E-state index is 13.2. The first kappa shape index (κ1) is 13.0. The number of carbonyl (C=O) groups excluding carboxylic acids is 1. The zero-order chi connectivity index (χ0) is 13.1. The van der Waals surface area contributed by atoms with Crippen molar-refractivity contribution in [3.05, 3.63) is 46.6 Å². The molecule has 0 atom stereocenters. The molecule has 1 aromatic carbocycles. The van der Waals surface area contributed by atoms with E-state index in [1.54, 1.807) is 13.0 Å². The van der Waals surface area contributed by atoms with E-state index in [9.17, 15) is 9.18 Å². The molecule has 0 radical (unpaired) electrons. The highest BCUT2D eigenvalue weighted by molar-refractivity contribution is 7.17. The van der Waals surface area contributed by atoms with Crippen LogP contribution in [0.25, 0.3) is 10.4 Å². The van der Waals surface area contributed by atoms with Crippen molar-refractivity contribution >= 4 is 17.1 Å². The standard InChI is InChI=1S/C15H15FOS/c1-3-4-13(17)15-8-7-14(18-15)11-5-6-12(16)10(2)9-11/h5-9H,3-4H2,1-2H3. The molecule has 0 bridgehead atoms. The lowest BCUT2D eigenvalue weighted by Crippen LogP contribution is -1.93. The summed E-state index contributed by atoms with van der Waals surface area (Å²) in [7, 11) is 0. The number of carbonyl (C=O) groups is 1. The predicted molar refractivity (Wildman–Crippen MR) is 73.7 cm³/mol. The van der Waals surface area contributed by atoms with Gasteiger partial charge < -0.3 is 0 Å². The van der Waals surface area contributed by atoms with Crippen molar-refractivity contribution < 1.29 is 9.18 Å². The number of Topliss-reactive ketones (excluding diaryl/α,β-unsaturated/α-hetero) is 1. The average Bonchev–Trinajstić information content (AvgIpc) is 2.82. The van der Waals surface area contributed by atoms with Crippen LogP contribution in [-0.4, -0.2) is 5.78 Å². The maximum Gasteiger partial charge on any atom is 0.172 e. The van der Waals surface area contributed by atoms with Crippen molar-refractivity contribution in [2.45, 2.75) is 26.7 Å². The molecule has 0 N–H and O–H groups in total. The van der Waals surface area contributed by atoms with Gasteiger partial charge in [0.2, 0.25) is 0 Å². The van der Waals surface area contributed by atoms with Gasteiger partial charge in [0.15, 0.2) is 5.78 Å². The fraction of sp³-hybridized carbons (Fsp3) is 0.267. The van der Waals surface area contributed by atoms with Gasteiger partial charge in [0.05, 0.1) is 4.88 Å². The van der Waals surface area contributed by atoms with Crippen LogP contribution in [0.2, 0.25) is 0 Å². The first-order valence-electron chi connectivity index (χ1n) is 6.01. The molecule has 0 aliphatic heterocycles. The van der Waals surface area contributed by atoms with Crippen LogP contribution in [0.1, 0.15) is 35.0 Å². The van der Waals surface area contributed by atoms with E-state index < -0.39 is 0 Å². The van der Waals surface area contributed by atoms with Gasteiger partial charge in [0.25, 0.3) is 0 Å². The Kier molecular flexibility index (Phi) is 3.92. The molecule has 0 amide bonds. The minimum Gasteiger partial charge on any atom is -0.293 e. The highest BCUT2D eigenvalue weighted by Crippen LogP contribution is 2.30. The van der Waals surface area contributed by atoms with Gasteiger partial charge in [-0.05, 0) is 48.7 Å². The minimum absolute atomic E-state index is 0.188. The fourth-order valence-corrected chi connectivity index (χ4v) is 2.76. The van der Waals surface area contributed by atoms with Gasteiger partial charge in [0, 0.05) is 11.3 Å². The Bertz CT molecular complexity index is 572. The first-order chi connectivity index (χ1) is 8.61. The summed E-state index contributed by atoms with van der Waals surface area (Å²) in [6.07, 6.45) is 1.45. The third-order valence-corrected chi connectivity index (χ3v) is 3.98. The normalized spacial score (nSPS) is 10.6. The van der Waals surface area contributed by atoms with Crippen molar-refractivity contribution in [3.63, 3.8) is 0 Å². The second-order valence-electron chi connectivity index (χ2n) is 4.30. The molecule has 1 aromatic heterocycles. The van der Waals surface area contributed by atoms with Gasteiger partial charge in [0.1, 0.15) is 5.82 Å². The largest absolute Gasteiger partial charge is 0.293 e. The first-order valence-corrected chi connectivity index (χ1v) is 6.83. The molecule has 0 unspecified atom stereocenters. The molecule has 0 spiro atoms. The molecule has 1 nitrogen and oxygen atoms in total. The van der Waals surface area contributed by atoms with E-state index in [0.29, 0.717) is 12.0 Å². The molecule has 0 fully saturated rings. The molecule has 18 heavy (non-hydrogen) atoms. The highest BCUT2D eigenvalue weighted by atomic mass is 32.1. The molecule has 2 rings (SSSR count). The van der Waals surface area contributed by atoms with E-state index in [4.69, 9.17) is 0 Å². The van der Waals surface area contributed by atoms with Crippen LogP contribution in [-0.2, 0) is 0 Å². The van der Waals surface area contributed by atoms with Crippen LogP contribution >= 0.6 is 11.3 Å². The van der Waals surface area contributed by atoms with E-state index in [-0.39, 0.29) is 11.6 Å². The van der Waals surface area contributed by atoms with Gasteiger partial charge >= 0.3 is 0 Å². The Hall–Kier alpha value is -1.48. The number of hydrogen-bond donors (Lipinski definition) is 0. The van der Waals surface area contributed by atoms with Crippen LogP contribution in [0.15, 0.2) is 30.3 Å². The number of rotatable bonds is 4. The Morgan fingerprint density at radius 3 is 2.72 bits per heavy atom. The lowest BCUT2D eigenvalue weighted by molar-refractivity contribution is 0.0985. The van der Waals surface area contributed by atoms with Crippen LogP contribution < -0.4 is 0 Å². The number of thiophene rings is 1. The Morgan fingerprint density at radius 1 is 1.28 bits per heavy atom. The third kappa shape index (κ3) is 2.67. The zero-order valence-electron chi connectivity index (χ0n) is 10.5. The number of halogens is 1. The van der Waals surface area contributed by atoms with Gasteiger partial charge in [-0.3, -0.25) is 4.79 Å². The van der Waals surface area contributed by atoms with Crippen molar-refractivity contribution in [3.8, 4) is 10.4 Å². The van der Waals surface area contributed by atoms with Crippen molar-refractivity contribution in [1.82, 2.24) is 0 Å². The smallest absolute Gasteiger partial charge is 0.172 e. The van der Waals surface area contributed by atoms with Crippen molar-refractivity contribution in [1.29, 1.82) is 0 Å². The molecular weight excluding hydrogens is 247 g/mol. The summed E-state index contributed by atoms with van der Waals surface area (Å²) in [5.74, 6) is -0.00910. The topological polar surface area (TPSA) is 17.1 Å². The van der Waals surface area contributed by atoms with Gasteiger partial charge in [-0.2, -0.15) is 0 Å². The number of benzene rings is 1. The van der Waals surface area contributed by atoms with Crippen LogP contribution in [0.4, 0.5) is 4.39 Å². The monoisotopic (exact) mass is 262 g/mol. The molecule has 1 heterocycles. The molecule has 0 saturated carbocycles. The van der Waals surface area contributed by atoms with Crippen LogP contribution in [0, 0.1) is 12.7 Å². The SMILES string of the molecule is CCCC(=O)c1ccc(-c2ccc(F)c(C)c2)s1. The predicted octanol–water partition coefficient (Wildman–Crippen LogP) is 4.85. The van der Waals surface area contributed by atoms with Crippen molar-refractivity contribution in [2.24, 2.45) is 0 Å². The number of ketones is 1. The van der Waals surface area contributed by atoms with Gasteiger partial charge in [-0.1, -0.05) is 13.0 Å². The summed E-state index contributed by atoms with van der Waals surface area (Å²) in [6.45, 7) is 3.74. The quantitative estimate of drug-likeness (QED) is 0.720. The summed E-state index contributed by atoms with van der Waals surface area (Å²) in [5, 5.41) is 0. The summed E-state index contributed by atoms with van der Waals surface area (Å²) >= 11 is 1.48. The van der Waals surface area contributed by atoms with E-state index in [2.05, 4.69) is 0 Å². The highest BCUT2D eigenvalue weighted by Gasteiger charge is 2.10. The lowest BCUT2D eigenvalue weighted by atomic mass is 10.1. The molecule has 3 heteroatoms. The molecule has 0 saturated heterocycles. The number of aryl methyl sites for hydroxylation is 1. The molecule has 0 aliphatic carbocycles. The Morgan fingerprint density at radius 2 is 2.06 bits per heavy atom.